The second-order valence-corrected chi connectivity index (χ2v) is 7.19. The molecule has 2 rings (SSSR count). The number of hydrogen-bond acceptors (Lipinski definition) is 3. The molecule has 1 aromatic heterocycles. The SMILES string of the molecule is CCC(=O)c1c(OC)c(=O)c(Br)c2n1C(CC)(CBr)CC2C. The lowest BCUT2D eigenvalue weighted by Gasteiger charge is -2.32. The van der Waals surface area contributed by atoms with Gasteiger partial charge >= 0.3 is 0 Å². The molecule has 1 aromatic rings. The Bertz CT molecular complexity index is 662. The predicted octanol–water partition coefficient (Wildman–Crippen LogP) is 4.22. The molecule has 0 radical (unpaired) electrons. The lowest BCUT2D eigenvalue weighted by Crippen LogP contribution is -2.36. The van der Waals surface area contributed by atoms with Gasteiger partial charge in [0.1, 0.15) is 5.69 Å². The number of carbonyl (C=O) groups is 1. The monoisotopic (exact) mass is 433 g/mol. The third kappa shape index (κ3) is 2.39. The van der Waals surface area contributed by atoms with E-state index < -0.39 is 0 Å². The van der Waals surface area contributed by atoms with Crippen LogP contribution in [0.1, 0.15) is 62.1 Å². The van der Waals surface area contributed by atoms with Gasteiger partial charge in [0.2, 0.25) is 5.43 Å². The largest absolute Gasteiger partial charge is 0.491 e. The van der Waals surface area contributed by atoms with Crippen LogP contribution in [0.3, 0.4) is 0 Å². The number of hydrogen-bond donors (Lipinski definition) is 0. The molecular weight excluding hydrogens is 414 g/mol. The summed E-state index contributed by atoms with van der Waals surface area (Å²) in [4.78, 5) is 25.2. The van der Waals surface area contributed by atoms with Crippen LogP contribution in [0.25, 0.3) is 0 Å². The summed E-state index contributed by atoms with van der Waals surface area (Å²) in [6.07, 6.45) is 2.11. The first-order chi connectivity index (χ1) is 10.4. The number of carbonyl (C=O) groups excluding carboxylic acids is 1. The highest BCUT2D eigenvalue weighted by molar-refractivity contribution is 9.10. The summed E-state index contributed by atoms with van der Waals surface area (Å²) in [6, 6.07) is 0. The van der Waals surface area contributed by atoms with Gasteiger partial charge in [-0.2, -0.15) is 0 Å². The van der Waals surface area contributed by atoms with Crippen LogP contribution in [-0.4, -0.2) is 22.8 Å². The van der Waals surface area contributed by atoms with E-state index in [1.807, 2.05) is 0 Å². The Labute approximate surface area is 147 Å². The molecule has 0 N–H and O–H groups in total. The lowest BCUT2D eigenvalue weighted by molar-refractivity contribution is 0.0966. The van der Waals surface area contributed by atoms with E-state index in [2.05, 4.69) is 50.3 Å². The molecule has 2 heterocycles. The number of halogens is 2. The minimum absolute atomic E-state index is 0.0597. The van der Waals surface area contributed by atoms with Gasteiger partial charge in [-0.3, -0.25) is 9.59 Å². The molecular formula is C16H21Br2NO3. The van der Waals surface area contributed by atoms with Crippen LogP contribution in [0.5, 0.6) is 5.75 Å². The van der Waals surface area contributed by atoms with Crippen LogP contribution >= 0.6 is 31.9 Å². The molecule has 0 saturated carbocycles. The van der Waals surface area contributed by atoms with Gasteiger partial charge in [-0.1, -0.05) is 36.7 Å². The van der Waals surface area contributed by atoms with E-state index >= 15 is 0 Å². The van der Waals surface area contributed by atoms with Crippen molar-refractivity contribution in [1.29, 1.82) is 0 Å². The second kappa shape index (κ2) is 6.48. The van der Waals surface area contributed by atoms with Crippen molar-refractivity contribution in [2.24, 2.45) is 0 Å². The van der Waals surface area contributed by atoms with Crippen molar-refractivity contribution in [3.05, 3.63) is 26.1 Å². The van der Waals surface area contributed by atoms with Gasteiger partial charge in [-0.25, -0.2) is 0 Å². The van der Waals surface area contributed by atoms with Crippen molar-refractivity contribution < 1.29 is 9.53 Å². The highest BCUT2D eigenvalue weighted by atomic mass is 79.9. The van der Waals surface area contributed by atoms with Crippen LogP contribution in [-0.2, 0) is 5.54 Å². The van der Waals surface area contributed by atoms with Crippen LogP contribution in [0.15, 0.2) is 9.27 Å². The summed E-state index contributed by atoms with van der Waals surface area (Å²) in [5.41, 5.74) is 0.875. The van der Waals surface area contributed by atoms with E-state index in [1.165, 1.54) is 7.11 Å². The summed E-state index contributed by atoms with van der Waals surface area (Å²) in [5, 5.41) is 0.732. The summed E-state index contributed by atoms with van der Waals surface area (Å²) in [7, 11) is 1.45. The fourth-order valence-electron chi connectivity index (χ4n) is 3.45. The first-order valence-electron chi connectivity index (χ1n) is 7.50. The zero-order valence-electron chi connectivity index (χ0n) is 13.3. The smallest absolute Gasteiger partial charge is 0.238 e. The molecule has 0 fully saturated rings. The number of ketones is 1. The van der Waals surface area contributed by atoms with Crippen molar-refractivity contribution in [3.63, 3.8) is 0 Å². The van der Waals surface area contributed by atoms with Crippen molar-refractivity contribution in [3.8, 4) is 5.75 Å². The third-order valence-electron chi connectivity index (χ3n) is 4.63. The van der Waals surface area contributed by atoms with E-state index in [4.69, 9.17) is 4.74 Å². The van der Waals surface area contributed by atoms with E-state index in [0.29, 0.717) is 16.6 Å². The van der Waals surface area contributed by atoms with Gasteiger partial charge in [0.05, 0.1) is 17.1 Å². The van der Waals surface area contributed by atoms with Crippen LogP contribution in [0.4, 0.5) is 0 Å². The number of pyridine rings is 1. The van der Waals surface area contributed by atoms with Crippen molar-refractivity contribution in [2.75, 3.05) is 12.4 Å². The summed E-state index contributed by atoms with van der Waals surface area (Å²) >= 11 is 7.06. The molecule has 122 valence electrons. The van der Waals surface area contributed by atoms with Crippen LogP contribution in [0, 0.1) is 0 Å². The Hall–Kier alpha value is -0.620. The molecule has 22 heavy (non-hydrogen) atoms. The Morgan fingerprint density at radius 3 is 2.55 bits per heavy atom. The number of rotatable bonds is 5. The Morgan fingerprint density at radius 1 is 1.45 bits per heavy atom. The number of ether oxygens (including phenoxy) is 1. The number of alkyl halides is 1. The molecule has 1 aliphatic heterocycles. The maximum atomic E-state index is 12.6. The number of Topliss-reactive ketones (excluding diaryl/α,β-unsaturated/α-hetero) is 1. The standard InChI is InChI=1S/C16H21Br2NO3/c1-5-10(20)13-15(22-4)14(21)11(18)12-9(3)7-16(6-2,8-17)19(12)13/h9H,5-8H2,1-4H3. The molecule has 1 aliphatic rings. The van der Waals surface area contributed by atoms with Crippen molar-refractivity contribution >= 4 is 37.6 Å². The molecule has 2 unspecified atom stereocenters. The molecule has 0 spiro atoms. The molecule has 0 amide bonds. The van der Waals surface area contributed by atoms with Gasteiger partial charge < -0.3 is 9.30 Å². The van der Waals surface area contributed by atoms with Gasteiger partial charge in [-0.05, 0) is 34.7 Å². The van der Waals surface area contributed by atoms with E-state index in [-0.39, 0.29) is 28.4 Å². The highest BCUT2D eigenvalue weighted by Crippen LogP contribution is 2.47. The fourth-order valence-corrected chi connectivity index (χ4v) is 5.07. The minimum atomic E-state index is -0.237. The van der Waals surface area contributed by atoms with Gasteiger partial charge in [0, 0.05) is 17.4 Å². The molecule has 4 nitrogen and oxygen atoms in total. The molecule has 0 bridgehead atoms. The number of nitrogens with zero attached hydrogens (tertiary/aromatic N) is 1. The Balaban J connectivity index is 2.98. The second-order valence-electron chi connectivity index (χ2n) is 5.84. The van der Waals surface area contributed by atoms with E-state index in [1.54, 1.807) is 6.92 Å². The molecule has 2 atom stereocenters. The zero-order valence-corrected chi connectivity index (χ0v) is 16.5. The molecule has 0 aromatic carbocycles. The molecule has 6 heteroatoms. The van der Waals surface area contributed by atoms with Crippen LogP contribution in [0.2, 0.25) is 0 Å². The average Bonchev–Trinajstić information content (AvgIpc) is 2.82. The number of aromatic nitrogens is 1. The Morgan fingerprint density at radius 2 is 2.09 bits per heavy atom. The van der Waals surface area contributed by atoms with Gasteiger partial charge in [0.25, 0.3) is 0 Å². The first-order valence-corrected chi connectivity index (χ1v) is 9.41. The fraction of sp³-hybridized carbons (Fsp3) is 0.625. The topological polar surface area (TPSA) is 48.3 Å². The normalized spacial score (nSPS) is 23.5. The molecule has 0 aliphatic carbocycles. The maximum Gasteiger partial charge on any atom is 0.238 e. The van der Waals surface area contributed by atoms with Gasteiger partial charge in [0.15, 0.2) is 11.5 Å². The summed E-state index contributed by atoms with van der Waals surface area (Å²) in [5.74, 6) is 0.291. The average molecular weight is 435 g/mol. The van der Waals surface area contributed by atoms with E-state index in [9.17, 15) is 9.59 Å². The Kier molecular flexibility index (Phi) is 5.22. The maximum absolute atomic E-state index is 12.6. The quantitative estimate of drug-likeness (QED) is 0.514. The van der Waals surface area contributed by atoms with Crippen molar-refractivity contribution in [2.45, 2.75) is 51.5 Å². The summed E-state index contributed by atoms with van der Waals surface area (Å²) < 4.78 is 7.90. The predicted molar refractivity (Wildman–Crippen MR) is 94.7 cm³/mol. The van der Waals surface area contributed by atoms with Crippen LogP contribution < -0.4 is 10.2 Å². The number of fused-ring (bicyclic) bond motifs is 1. The van der Waals surface area contributed by atoms with E-state index in [0.717, 1.165) is 23.9 Å². The van der Waals surface area contributed by atoms with Gasteiger partial charge in [-0.15, -0.1) is 0 Å². The number of methoxy groups -OCH3 is 1. The third-order valence-corrected chi connectivity index (χ3v) is 6.44. The zero-order chi connectivity index (χ0) is 16.7. The highest BCUT2D eigenvalue weighted by Gasteiger charge is 2.44. The lowest BCUT2D eigenvalue weighted by atomic mass is 9.91. The first kappa shape index (κ1) is 17.7. The minimum Gasteiger partial charge on any atom is -0.491 e. The molecule has 0 saturated heterocycles. The summed E-state index contributed by atoms with van der Waals surface area (Å²) in [6.45, 7) is 6.02. The van der Waals surface area contributed by atoms with Crippen molar-refractivity contribution in [1.82, 2.24) is 4.57 Å².